The van der Waals surface area contributed by atoms with E-state index in [1.54, 1.807) is 12.3 Å². The van der Waals surface area contributed by atoms with Crippen LogP contribution in [0.15, 0.2) is 72.9 Å². The molecule has 0 fully saturated rings. The van der Waals surface area contributed by atoms with Crippen molar-refractivity contribution in [3.63, 3.8) is 0 Å². The number of amides is 1. The summed E-state index contributed by atoms with van der Waals surface area (Å²) in [6.07, 6.45) is 4.63. The van der Waals surface area contributed by atoms with E-state index in [1.165, 1.54) is 6.08 Å². The monoisotopic (exact) mass is 416 g/mol. The van der Waals surface area contributed by atoms with Gasteiger partial charge in [-0.25, -0.2) is 4.79 Å². The number of hydrogen-bond donors (Lipinski definition) is 1. The molecule has 0 aliphatic heterocycles. The van der Waals surface area contributed by atoms with E-state index < -0.39 is 5.97 Å². The molecule has 3 rings (SSSR count). The Balaban J connectivity index is 1.44. The smallest absolute Gasteiger partial charge is 0.331 e. The molecule has 1 N–H and O–H groups in total. The average molecular weight is 416 g/mol. The summed E-state index contributed by atoms with van der Waals surface area (Å²) in [7, 11) is 0. The fourth-order valence-electron chi connectivity index (χ4n) is 2.85. The number of carbonyl (C=O) groups excluding carboxylic acids is 2. The van der Waals surface area contributed by atoms with Gasteiger partial charge in [0.05, 0.1) is 5.69 Å². The molecule has 31 heavy (non-hydrogen) atoms. The van der Waals surface area contributed by atoms with Crippen LogP contribution in [0.5, 0.6) is 5.75 Å². The normalized spacial score (nSPS) is 10.6. The van der Waals surface area contributed by atoms with Crippen LogP contribution in [0, 0.1) is 13.8 Å². The van der Waals surface area contributed by atoms with Gasteiger partial charge in [0.1, 0.15) is 12.4 Å². The van der Waals surface area contributed by atoms with Crippen molar-refractivity contribution in [1.29, 1.82) is 0 Å². The van der Waals surface area contributed by atoms with Crippen LogP contribution in [0.25, 0.3) is 6.08 Å². The van der Waals surface area contributed by atoms with E-state index in [-0.39, 0.29) is 12.5 Å². The van der Waals surface area contributed by atoms with E-state index in [0.717, 1.165) is 28.1 Å². The molecule has 0 bridgehead atoms. The van der Waals surface area contributed by atoms with Gasteiger partial charge in [-0.3, -0.25) is 9.78 Å². The van der Waals surface area contributed by atoms with Crippen LogP contribution in [0.2, 0.25) is 0 Å². The molecule has 1 amide bonds. The molecule has 6 heteroatoms. The maximum atomic E-state index is 12.1. The second kappa shape index (κ2) is 10.7. The minimum atomic E-state index is -0.591. The van der Waals surface area contributed by atoms with Crippen molar-refractivity contribution >= 4 is 23.6 Å². The molecule has 0 unspecified atom stereocenters. The zero-order valence-electron chi connectivity index (χ0n) is 17.5. The zero-order chi connectivity index (χ0) is 22.1. The van der Waals surface area contributed by atoms with Crippen LogP contribution in [-0.4, -0.2) is 23.5 Å². The molecule has 2 aromatic carbocycles. The van der Waals surface area contributed by atoms with Crippen LogP contribution in [-0.2, 0) is 20.9 Å². The van der Waals surface area contributed by atoms with Crippen molar-refractivity contribution in [2.45, 2.75) is 20.5 Å². The topological polar surface area (TPSA) is 77.5 Å². The van der Waals surface area contributed by atoms with Crippen LogP contribution >= 0.6 is 0 Å². The van der Waals surface area contributed by atoms with Crippen LogP contribution in [0.1, 0.15) is 22.4 Å². The van der Waals surface area contributed by atoms with E-state index in [1.807, 2.05) is 74.5 Å². The summed E-state index contributed by atoms with van der Waals surface area (Å²) < 4.78 is 10.7. The lowest BCUT2D eigenvalue weighted by molar-refractivity contribution is -0.142. The number of anilines is 1. The van der Waals surface area contributed by atoms with Gasteiger partial charge in [0.25, 0.3) is 5.91 Å². The van der Waals surface area contributed by atoms with Crippen molar-refractivity contribution in [2.24, 2.45) is 0 Å². The number of aryl methyl sites for hydroxylation is 2. The van der Waals surface area contributed by atoms with Crippen molar-refractivity contribution in [3.05, 3.63) is 95.3 Å². The minimum absolute atomic E-state index is 0.350. The summed E-state index contributed by atoms with van der Waals surface area (Å²) in [5.74, 6) is -0.269. The van der Waals surface area contributed by atoms with Gasteiger partial charge in [0, 0.05) is 18.0 Å². The number of para-hydroxylation sites is 1. The summed E-state index contributed by atoms with van der Waals surface area (Å²) in [5.41, 5.74) is 4.29. The fraction of sp³-hybridized carbons (Fsp3) is 0.160. The van der Waals surface area contributed by atoms with Gasteiger partial charge in [-0.2, -0.15) is 0 Å². The highest BCUT2D eigenvalue weighted by atomic mass is 16.5. The lowest BCUT2D eigenvalue weighted by Gasteiger charge is -2.11. The minimum Gasteiger partial charge on any atom is -0.487 e. The first-order valence-electron chi connectivity index (χ1n) is 9.85. The Morgan fingerprint density at radius 2 is 1.71 bits per heavy atom. The van der Waals surface area contributed by atoms with E-state index in [0.29, 0.717) is 12.4 Å². The molecule has 0 radical (unpaired) electrons. The maximum Gasteiger partial charge on any atom is 0.331 e. The second-order valence-electron chi connectivity index (χ2n) is 6.93. The summed E-state index contributed by atoms with van der Waals surface area (Å²) >= 11 is 0. The van der Waals surface area contributed by atoms with Gasteiger partial charge in [-0.05, 0) is 60.9 Å². The first-order valence-corrected chi connectivity index (χ1v) is 9.85. The number of esters is 1. The molecule has 0 aliphatic rings. The summed E-state index contributed by atoms with van der Waals surface area (Å²) in [6.45, 7) is 3.85. The Morgan fingerprint density at radius 1 is 0.968 bits per heavy atom. The summed E-state index contributed by atoms with van der Waals surface area (Å²) in [6, 6.07) is 18.7. The molecule has 158 valence electrons. The van der Waals surface area contributed by atoms with E-state index in [2.05, 4.69) is 10.3 Å². The van der Waals surface area contributed by atoms with Crippen molar-refractivity contribution in [2.75, 3.05) is 11.9 Å². The molecule has 0 atom stereocenters. The molecule has 1 aromatic heterocycles. The van der Waals surface area contributed by atoms with Gasteiger partial charge >= 0.3 is 5.97 Å². The SMILES string of the molecule is Cc1cccc(C)c1NC(=O)COC(=O)C=Cc1ccc(OCc2ccccn2)cc1. The molecule has 0 spiro atoms. The molecule has 0 saturated carbocycles. The van der Waals surface area contributed by atoms with E-state index in [4.69, 9.17) is 9.47 Å². The van der Waals surface area contributed by atoms with Gasteiger partial charge in [0.2, 0.25) is 0 Å². The van der Waals surface area contributed by atoms with Crippen LogP contribution < -0.4 is 10.1 Å². The predicted molar refractivity (Wildman–Crippen MR) is 120 cm³/mol. The molecular weight excluding hydrogens is 392 g/mol. The predicted octanol–water partition coefficient (Wildman–Crippen LogP) is 4.47. The Morgan fingerprint density at radius 3 is 2.39 bits per heavy atom. The highest BCUT2D eigenvalue weighted by Gasteiger charge is 2.09. The first kappa shape index (κ1) is 21.8. The summed E-state index contributed by atoms with van der Waals surface area (Å²) in [4.78, 5) is 28.2. The average Bonchev–Trinajstić information content (AvgIpc) is 2.79. The second-order valence-corrected chi connectivity index (χ2v) is 6.93. The van der Waals surface area contributed by atoms with Gasteiger partial charge in [-0.15, -0.1) is 0 Å². The zero-order valence-corrected chi connectivity index (χ0v) is 17.5. The number of hydrogen-bond acceptors (Lipinski definition) is 5. The van der Waals surface area contributed by atoms with Gasteiger partial charge in [-0.1, -0.05) is 36.4 Å². The molecule has 1 heterocycles. The number of nitrogens with one attached hydrogen (secondary N) is 1. The van der Waals surface area contributed by atoms with Crippen molar-refractivity contribution < 1.29 is 19.1 Å². The number of carbonyl (C=O) groups is 2. The number of nitrogens with zero attached hydrogens (tertiary/aromatic N) is 1. The number of rotatable bonds is 8. The summed E-state index contributed by atoms with van der Waals surface area (Å²) in [5, 5.41) is 2.78. The third-order valence-electron chi connectivity index (χ3n) is 4.50. The highest BCUT2D eigenvalue weighted by molar-refractivity contribution is 5.95. The first-order chi connectivity index (χ1) is 15.0. The Kier molecular flexibility index (Phi) is 7.54. The number of ether oxygens (including phenoxy) is 2. The van der Waals surface area contributed by atoms with E-state index >= 15 is 0 Å². The van der Waals surface area contributed by atoms with Crippen molar-refractivity contribution in [3.8, 4) is 5.75 Å². The van der Waals surface area contributed by atoms with Gasteiger partial charge < -0.3 is 14.8 Å². The third-order valence-corrected chi connectivity index (χ3v) is 4.50. The third kappa shape index (κ3) is 6.82. The quantitative estimate of drug-likeness (QED) is 0.433. The molecule has 0 saturated heterocycles. The van der Waals surface area contributed by atoms with Gasteiger partial charge in [0.15, 0.2) is 6.61 Å². The Labute approximate surface area is 181 Å². The number of pyridine rings is 1. The molecule has 0 aliphatic carbocycles. The number of benzene rings is 2. The van der Waals surface area contributed by atoms with Crippen LogP contribution in [0.4, 0.5) is 5.69 Å². The maximum absolute atomic E-state index is 12.1. The lowest BCUT2D eigenvalue weighted by Crippen LogP contribution is -2.21. The lowest BCUT2D eigenvalue weighted by atomic mass is 10.1. The van der Waals surface area contributed by atoms with Crippen molar-refractivity contribution in [1.82, 2.24) is 4.98 Å². The number of aromatic nitrogens is 1. The standard InChI is InChI=1S/C25H24N2O4/c1-18-6-5-7-19(2)25(18)27-23(28)17-31-24(29)14-11-20-9-12-22(13-10-20)30-16-21-8-3-4-15-26-21/h3-15H,16-17H2,1-2H3,(H,27,28). The molecule has 6 nitrogen and oxygen atoms in total. The van der Waals surface area contributed by atoms with E-state index in [9.17, 15) is 9.59 Å². The molecular formula is C25H24N2O4. The molecule has 3 aromatic rings. The van der Waals surface area contributed by atoms with Crippen LogP contribution in [0.3, 0.4) is 0 Å². The fourth-order valence-corrected chi connectivity index (χ4v) is 2.85. The Bertz CT molecular complexity index is 1040. The Hall–Kier alpha value is -3.93. The largest absolute Gasteiger partial charge is 0.487 e. The highest BCUT2D eigenvalue weighted by Crippen LogP contribution is 2.19.